The lowest BCUT2D eigenvalue weighted by atomic mass is 9.91. The van der Waals surface area contributed by atoms with E-state index >= 15 is 0 Å². The summed E-state index contributed by atoms with van der Waals surface area (Å²) in [6.07, 6.45) is 0. The summed E-state index contributed by atoms with van der Waals surface area (Å²) in [6, 6.07) is 29.1. The Hall–Kier alpha value is -7.05. The van der Waals surface area contributed by atoms with E-state index < -0.39 is 19.8 Å². The molecule has 14 heteroatoms. The number of fused-ring (bicyclic) bond motifs is 4. The molecule has 54 heavy (non-hydrogen) atoms. The van der Waals surface area contributed by atoms with Gasteiger partial charge in [0.25, 0.3) is 0 Å². The molecule has 0 saturated heterocycles. The highest BCUT2D eigenvalue weighted by Crippen LogP contribution is 2.44. The van der Waals surface area contributed by atoms with E-state index in [0.717, 1.165) is 0 Å². The summed E-state index contributed by atoms with van der Waals surface area (Å²) in [5.74, 6) is -2.77. The Morgan fingerprint density at radius 2 is 1.02 bits per heavy atom. The van der Waals surface area contributed by atoms with Crippen LogP contribution in [0.4, 0.5) is 0 Å². The number of phosphoric acid groups is 1. The number of hydrogen-bond donors (Lipinski definition) is 0. The fraction of sp³-hybridized carbons (Fsp3) is 0. The number of benzene rings is 6. The third-order valence-corrected chi connectivity index (χ3v) is 8.81. The van der Waals surface area contributed by atoms with Crippen molar-refractivity contribution in [3.8, 4) is 56.4 Å². The first-order valence-electron chi connectivity index (χ1n) is 15.8. The van der Waals surface area contributed by atoms with E-state index in [2.05, 4.69) is 4.52 Å². The zero-order valence-electron chi connectivity index (χ0n) is 27.3. The molecule has 268 valence electrons. The zero-order valence-corrected chi connectivity index (χ0v) is 28.2. The molecule has 2 aliphatic heterocycles. The number of aromatic carboxylic acids is 2. The minimum absolute atomic E-state index is 0.0219. The molecule has 4 aliphatic rings. The molecule has 4 aromatic rings. The Kier molecular flexibility index (Phi) is 9.05. The first kappa shape index (κ1) is 35.4. The van der Waals surface area contributed by atoms with Gasteiger partial charge in [0, 0.05) is 62.4 Å². The Morgan fingerprint density at radius 3 is 1.50 bits per heavy atom. The minimum atomic E-state index is -5.29. The van der Waals surface area contributed by atoms with Crippen LogP contribution in [0.3, 0.4) is 0 Å². The zero-order chi connectivity index (χ0) is 38.3. The van der Waals surface area contributed by atoms with Crippen LogP contribution in [0.2, 0.25) is 0 Å². The standard InChI is InChI=1S/C20H13O8P.C20H12O5/c21-11-5-7-15-17(9-11)27-18-10-12(28-29(24,25)26)6-8-16(18)19(15)13-3-1-2-4-14(13)20(22)23;21-11-5-7-15-17(9-11)25-18-10-12(22)6-8-16(18)19(15)13-3-1-2-4-14(13)20(23)24/h1-10H,(H,22,23)(H2,24,25,26);1-10,21H,(H,23,24)/p-5. The number of phosphoric ester groups is 1. The van der Waals surface area contributed by atoms with Crippen LogP contribution in [0, 0.1) is 0 Å². The average Bonchev–Trinajstić information content (AvgIpc) is 3.12. The van der Waals surface area contributed by atoms with Crippen molar-refractivity contribution >= 4 is 41.7 Å². The molecule has 0 aromatic heterocycles. The van der Waals surface area contributed by atoms with Gasteiger partial charge in [0.05, 0.1) is 11.9 Å². The molecular formula is C40H20O13P-5. The number of carboxylic acids is 2. The number of hydrogen-bond acceptors (Lipinski definition) is 13. The molecule has 0 spiro atoms. The van der Waals surface area contributed by atoms with Crippen LogP contribution in [0.25, 0.3) is 66.8 Å². The second-order valence-electron chi connectivity index (χ2n) is 11.8. The summed E-state index contributed by atoms with van der Waals surface area (Å²) in [4.78, 5) is 68.5. The molecule has 0 unspecified atom stereocenters. The van der Waals surface area contributed by atoms with Gasteiger partial charge in [0.2, 0.25) is 0 Å². The van der Waals surface area contributed by atoms with Gasteiger partial charge in [-0.3, -0.25) is 9.59 Å². The SMILES string of the molecule is O=C([O-])c1ccccc1-c1c2ccc(=O)cc-2oc2cc(OP(=O)([O-])[O-])ccc12.O=C([O-])c1ccccc1-c1c2ccc(=O)cc-2oc2cc([O-])ccc12. The van der Waals surface area contributed by atoms with Crippen LogP contribution in [-0.4, -0.2) is 11.9 Å². The van der Waals surface area contributed by atoms with Crippen molar-refractivity contribution in [1.82, 2.24) is 0 Å². The lowest BCUT2D eigenvalue weighted by Crippen LogP contribution is -2.23. The van der Waals surface area contributed by atoms with Crippen molar-refractivity contribution in [3.05, 3.63) is 153 Å². The predicted octanol–water partition coefficient (Wildman–Crippen LogP) is 3.14. The molecule has 0 N–H and O–H groups in total. The van der Waals surface area contributed by atoms with E-state index in [1.807, 2.05) is 0 Å². The van der Waals surface area contributed by atoms with Gasteiger partial charge in [-0.25, -0.2) is 0 Å². The predicted molar refractivity (Wildman–Crippen MR) is 185 cm³/mol. The molecule has 2 heterocycles. The van der Waals surface area contributed by atoms with Crippen LogP contribution >= 0.6 is 7.82 Å². The summed E-state index contributed by atoms with van der Waals surface area (Å²) in [6.45, 7) is 0. The summed E-state index contributed by atoms with van der Waals surface area (Å²) in [5.41, 5.74) is 2.59. The third-order valence-electron chi connectivity index (χ3n) is 8.38. The van der Waals surface area contributed by atoms with E-state index in [-0.39, 0.29) is 56.2 Å². The summed E-state index contributed by atoms with van der Waals surface area (Å²) < 4.78 is 26.7. The highest BCUT2D eigenvalue weighted by molar-refractivity contribution is 7.43. The van der Waals surface area contributed by atoms with Crippen LogP contribution in [-0.2, 0) is 4.57 Å². The second kappa shape index (κ2) is 13.8. The van der Waals surface area contributed by atoms with Gasteiger partial charge >= 0.3 is 0 Å². The molecule has 13 nitrogen and oxygen atoms in total. The highest BCUT2D eigenvalue weighted by Gasteiger charge is 2.21. The summed E-state index contributed by atoms with van der Waals surface area (Å²) in [7, 11) is -5.29. The Labute approximate surface area is 303 Å². The molecule has 0 radical (unpaired) electrons. The monoisotopic (exact) mass is 739 g/mol. The molecular weight excluding hydrogens is 719 g/mol. The molecule has 0 bridgehead atoms. The molecule has 0 fully saturated rings. The van der Waals surface area contributed by atoms with Crippen molar-refractivity contribution in [2.24, 2.45) is 0 Å². The average molecular weight is 740 g/mol. The largest absolute Gasteiger partial charge is 0.872 e. The van der Waals surface area contributed by atoms with Gasteiger partial charge < -0.3 is 52.6 Å². The lowest BCUT2D eigenvalue weighted by molar-refractivity contribution is -0.333. The maximum atomic E-state index is 11.8. The number of carboxylic acid groups (broad SMARTS) is 2. The second-order valence-corrected chi connectivity index (χ2v) is 12.9. The van der Waals surface area contributed by atoms with E-state index in [4.69, 9.17) is 8.83 Å². The smallest absolute Gasteiger partial charge is 0.182 e. The van der Waals surface area contributed by atoms with Gasteiger partial charge in [-0.1, -0.05) is 60.7 Å². The van der Waals surface area contributed by atoms with Crippen molar-refractivity contribution in [3.63, 3.8) is 0 Å². The normalized spacial score (nSPS) is 11.4. The molecule has 2 aliphatic carbocycles. The number of carbonyl (C=O) groups is 2. The van der Waals surface area contributed by atoms with Crippen molar-refractivity contribution < 1.29 is 52.6 Å². The van der Waals surface area contributed by atoms with Crippen LogP contribution in [0.5, 0.6) is 11.5 Å². The van der Waals surface area contributed by atoms with Gasteiger partial charge in [0.1, 0.15) is 36.3 Å². The quantitative estimate of drug-likeness (QED) is 0.176. The van der Waals surface area contributed by atoms with Gasteiger partial charge in [-0.2, -0.15) is 0 Å². The van der Waals surface area contributed by atoms with Crippen LogP contribution in [0.1, 0.15) is 20.7 Å². The van der Waals surface area contributed by atoms with E-state index in [9.17, 15) is 48.8 Å². The minimum Gasteiger partial charge on any atom is -0.872 e. The Morgan fingerprint density at radius 1 is 0.556 bits per heavy atom. The molecule has 8 rings (SSSR count). The van der Waals surface area contributed by atoms with Crippen molar-refractivity contribution in [2.45, 2.75) is 0 Å². The van der Waals surface area contributed by atoms with Gasteiger partial charge in [0.15, 0.2) is 10.9 Å². The van der Waals surface area contributed by atoms with E-state index in [0.29, 0.717) is 44.2 Å². The number of rotatable bonds is 6. The van der Waals surface area contributed by atoms with Crippen LogP contribution in [0.15, 0.2) is 140 Å². The molecule has 0 amide bonds. The Balaban J connectivity index is 0.000000168. The van der Waals surface area contributed by atoms with E-state index in [1.54, 1.807) is 48.5 Å². The summed E-state index contributed by atoms with van der Waals surface area (Å²) >= 11 is 0. The molecule has 4 aromatic carbocycles. The summed E-state index contributed by atoms with van der Waals surface area (Å²) in [5, 5.41) is 35.9. The number of carbonyl (C=O) groups excluding carboxylic acids is 2. The molecule has 0 saturated carbocycles. The van der Waals surface area contributed by atoms with Crippen molar-refractivity contribution in [1.29, 1.82) is 0 Å². The van der Waals surface area contributed by atoms with E-state index in [1.165, 1.54) is 72.8 Å². The maximum absolute atomic E-state index is 11.8. The molecule has 0 atom stereocenters. The van der Waals surface area contributed by atoms with Gasteiger partial charge in [-0.15, -0.1) is 5.75 Å². The first-order chi connectivity index (χ1) is 25.8. The topological polar surface area (TPSA) is 236 Å². The fourth-order valence-electron chi connectivity index (χ4n) is 6.23. The lowest BCUT2D eigenvalue weighted by Gasteiger charge is -2.29. The first-order valence-corrected chi connectivity index (χ1v) is 17.2. The Bertz CT molecular complexity index is 2880. The third kappa shape index (κ3) is 6.93. The fourth-order valence-corrected chi connectivity index (χ4v) is 6.60. The van der Waals surface area contributed by atoms with Crippen molar-refractivity contribution in [2.75, 3.05) is 0 Å². The highest BCUT2D eigenvalue weighted by atomic mass is 31.2. The maximum Gasteiger partial charge on any atom is 0.182 e. The van der Waals surface area contributed by atoms with Gasteiger partial charge in [-0.05, 0) is 53.6 Å². The van der Waals surface area contributed by atoms with Crippen LogP contribution < -0.4 is 40.5 Å².